The summed E-state index contributed by atoms with van der Waals surface area (Å²) in [5.74, 6) is 0.399. The molecule has 0 radical (unpaired) electrons. The minimum Gasteiger partial charge on any atom is -0.463 e. The molecular formula is C16H23BrO2. The normalized spacial score (nSPS) is 11.1. The summed E-state index contributed by atoms with van der Waals surface area (Å²) in [4.78, 5) is 11.4. The van der Waals surface area contributed by atoms with Crippen molar-refractivity contribution in [2.24, 2.45) is 0 Å². The van der Waals surface area contributed by atoms with E-state index in [2.05, 4.69) is 48.0 Å². The summed E-state index contributed by atoms with van der Waals surface area (Å²) in [5.41, 5.74) is 2.60. The Hall–Kier alpha value is -0.830. The van der Waals surface area contributed by atoms with Crippen molar-refractivity contribution in [3.63, 3.8) is 0 Å². The number of hydrogen-bond acceptors (Lipinski definition) is 2. The van der Waals surface area contributed by atoms with Crippen molar-refractivity contribution in [2.45, 2.75) is 59.0 Å². The Morgan fingerprint density at radius 1 is 1.26 bits per heavy atom. The van der Waals surface area contributed by atoms with E-state index < -0.39 is 0 Å². The van der Waals surface area contributed by atoms with Crippen molar-refractivity contribution >= 4 is 21.9 Å². The highest BCUT2D eigenvalue weighted by atomic mass is 79.9. The summed E-state index contributed by atoms with van der Waals surface area (Å²) in [5, 5.41) is 0. The molecule has 1 aromatic carbocycles. The summed E-state index contributed by atoms with van der Waals surface area (Å²) < 4.78 is 6.28. The van der Waals surface area contributed by atoms with Crippen LogP contribution in [0.3, 0.4) is 0 Å². The molecule has 0 atom stereocenters. The minimum absolute atomic E-state index is 0.0206. The predicted octanol–water partition coefficient (Wildman–Crippen LogP) is 4.85. The second-order valence-electron chi connectivity index (χ2n) is 5.40. The maximum absolute atomic E-state index is 11.4. The molecule has 0 N–H and O–H groups in total. The summed E-state index contributed by atoms with van der Waals surface area (Å²) in [6.45, 7) is 8.12. The molecule has 106 valence electrons. The number of hydrogen-bond donors (Lipinski definition) is 0. The Morgan fingerprint density at radius 3 is 2.53 bits per heavy atom. The van der Waals surface area contributed by atoms with Crippen LogP contribution in [0, 0.1) is 0 Å². The van der Waals surface area contributed by atoms with Gasteiger partial charge in [-0.25, -0.2) is 0 Å². The van der Waals surface area contributed by atoms with E-state index in [-0.39, 0.29) is 12.1 Å². The Bertz CT molecular complexity index is 425. The lowest BCUT2D eigenvalue weighted by Crippen LogP contribution is -2.11. The van der Waals surface area contributed by atoms with E-state index in [0.29, 0.717) is 12.3 Å². The van der Waals surface area contributed by atoms with E-state index in [1.165, 1.54) is 11.1 Å². The number of benzene rings is 1. The van der Waals surface area contributed by atoms with E-state index in [4.69, 9.17) is 4.74 Å². The van der Waals surface area contributed by atoms with Gasteiger partial charge in [0.2, 0.25) is 0 Å². The lowest BCUT2D eigenvalue weighted by Gasteiger charge is -2.11. The standard InChI is InChI=1S/C16H23BrO2/c1-11(2)14-10-13(8-9-15(14)17)6-5-7-16(18)19-12(3)4/h8-12H,5-7H2,1-4H3. The van der Waals surface area contributed by atoms with Gasteiger partial charge in [-0.2, -0.15) is 0 Å². The van der Waals surface area contributed by atoms with Gasteiger partial charge in [-0.1, -0.05) is 41.9 Å². The maximum Gasteiger partial charge on any atom is 0.306 e. The molecule has 0 unspecified atom stereocenters. The molecule has 0 saturated heterocycles. The second kappa shape index (κ2) is 7.68. The molecule has 0 bridgehead atoms. The maximum atomic E-state index is 11.4. The molecule has 3 heteroatoms. The highest BCUT2D eigenvalue weighted by Crippen LogP contribution is 2.26. The lowest BCUT2D eigenvalue weighted by molar-refractivity contribution is -0.147. The molecule has 0 amide bonds. The molecule has 2 nitrogen and oxygen atoms in total. The monoisotopic (exact) mass is 326 g/mol. The first-order valence-electron chi connectivity index (χ1n) is 6.88. The molecule has 19 heavy (non-hydrogen) atoms. The largest absolute Gasteiger partial charge is 0.463 e. The van der Waals surface area contributed by atoms with Crippen LogP contribution in [0.4, 0.5) is 0 Å². The van der Waals surface area contributed by atoms with Crippen molar-refractivity contribution in [3.8, 4) is 0 Å². The average molecular weight is 327 g/mol. The third-order valence-corrected chi connectivity index (χ3v) is 3.62. The van der Waals surface area contributed by atoms with Crippen LogP contribution in [0.25, 0.3) is 0 Å². The van der Waals surface area contributed by atoms with E-state index in [9.17, 15) is 4.79 Å². The smallest absolute Gasteiger partial charge is 0.306 e. The van der Waals surface area contributed by atoms with Crippen molar-refractivity contribution in [3.05, 3.63) is 33.8 Å². The number of ether oxygens (including phenoxy) is 1. The van der Waals surface area contributed by atoms with Gasteiger partial charge in [0.05, 0.1) is 6.10 Å². The van der Waals surface area contributed by atoms with Crippen LogP contribution in [0.5, 0.6) is 0 Å². The topological polar surface area (TPSA) is 26.3 Å². The molecule has 0 fully saturated rings. The Morgan fingerprint density at radius 2 is 1.95 bits per heavy atom. The average Bonchev–Trinajstić information content (AvgIpc) is 2.30. The van der Waals surface area contributed by atoms with Crippen LogP contribution in [-0.2, 0) is 16.0 Å². The zero-order valence-electron chi connectivity index (χ0n) is 12.2. The number of carbonyl (C=O) groups is 1. The molecule has 1 rings (SSSR count). The molecule has 0 heterocycles. The molecule has 0 spiro atoms. The molecular weight excluding hydrogens is 304 g/mol. The van der Waals surface area contributed by atoms with Crippen molar-refractivity contribution in [2.75, 3.05) is 0 Å². The van der Waals surface area contributed by atoms with Crippen LogP contribution >= 0.6 is 15.9 Å². The first-order valence-corrected chi connectivity index (χ1v) is 7.67. The van der Waals surface area contributed by atoms with Crippen molar-refractivity contribution < 1.29 is 9.53 Å². The van der Waals surface area contributed by atoms with Gasteiger partial charge in [-0.15, -0.1) is 0 Å². The van der Waals surface area contributed by atoms with Gasteiger partial charge in [-0.3, -0.25) is 4.79 Å². The summed E-state index contributed by atoms with van der Waals surface area (Å²) in [6, 6.07) is 6.43. The fraction of sp³-hybridized carbons (Fsp3) is 0.562. The number of aryl methyl sites for hydroxylation is 1. The number of carbonyl (C=O) groups excluding carboxylic acids is 1. The fourth-order valence-electron chi connectivity index (χ4n) is 1.95. The van der Waals surface area contributed by atoms with Gasteiger partial charge in [0.1, 0.15) is 0 Å². The molecule has 0 aliphatic rings. The molecule has 1 aromatic rings. The molecule has 0 saturated carbocycles. The van der Waals surface area contributed by atoms with E-state index >= 15 is 0 Å². The van der Waals surface area contributed by atoms with Gasteiger partial charge in [0, 0.05) is 10.9 Å². The third kappa shape index (κ3) is 5.77. The highest BCUT2D eigenvalue weighted by Gasteiger charge is 2.08. The van der Waals surface area contributed by atoms with Crippen LogP contribution in [0.1, 0.15) is 57.6 Å². The Kier molecular flexibility index (Phi) is 6.56. The van der Waals surface area contributed by atoms with Gasteiger partial charge in [0.15, 0.2) is 0 Å². The van der Waals surface area contributed by atoms with Gasteiger partial charge < -0.3 is 4.74 Å². The number of halogens is 1. The van der Waals surface area contributed by atoms with Crippen molar-refractivity contribution in [1.82, 2.24) is 0 Å². The zero-order chi connectivity index (χ0) is 14.4. The van der Waals surface area contributed by atoms with Crippen LogP contribution in [0.2, 0.25) is 0 Å². The number of esters is 1. The Balaban J connectivity index is 2.50. The highest BCUT2D eigenvalue weighted by molar-refractivity contribution is 9.10. The summed E-state index contributed by atoms with van der Waals surface area (Å²) >= 11 is 3.58. The molecule has 0 aromatic heterocycles. The van der Waals surface area contributed by atoms with Crippen LogP contribution < -0.4 is 0 Å². The van der Waals surface area contributed by atoms with Gasteiger partial charge in [-0.05, 0) is 49.8 Å². The van der Waals surface area contributed by atoms with E-state index in [1.54, 1.807) is 0 Å². The molecule has 0 aliphatic heterocycles. The number of rotatable bonds is 6. The Labute approximate surface area is 124 Å². The first kappa shape index (κ1) is 16.2. The second-order valence-corrected chi connectivity index (χ2v) is 6.26. The lowest BCUT2D eigenvalue weighted by atomic mass is 9.98. The minimum atomic E-state index is -0.101. The quantitative estimate of drug-likeness (QED) is 0.698. The predicted molar refractivity (Wildman–Crippen MR) is 82.4 cm³/mol. The van der Waals surface area contributed by atoms with E-state index in [1.807, 2.05) is 13.8 Å². The van der Waals surface area contributed by atoms with Gasteiger partial charge >= 0.3 is 5.97 Å². The summed E-state index contributed by atoms with van der Waals surface area (Å²) in [6.07, 6.45) is 2.23. The van der Waals surface area contributed by atoms with Gasteiger partial charge in [0.25, 0.3) is 0 Å². The van der Waals surface area contributed by atoms with E-state index in [0.717, 1.165) is 17.3 Å². The third-order valence-electron chi connectivity index (χ3n) is 2.90. The van der Waals surface area contributed by atoms with Crippen LogP contribution in [-0.4, -0.2) is 12.1 Å². The van der Waals surface area contributed by atoms with Crippen molar-refractivity contribution in [1.29, 1.82) is 0 Å². The molecule has 0 aliphatic carbocycles. The summed E-state index contributed by atoms with van der Waals surface area (Å²) in [7, 11) is 0. The SMILES string of the molecule is CC(C)OC(=O)CCCc1ccc(Br)c(C(C)C)c1. The van der Waals surface area contributed by atoms with Crippen LogP contribution in [0.15, 0.2) is 22.7 Å². The zero-order valence-corrected chi connectivity index (χ0v) is 13.8. The first-order chi connectivity index (χ1) is 8.90. The fourth-order valence-corrected chi connectivity index (χ4v) is 2.65.